The van der Waals surface area contributed by atoms with Gasteiger partial charge in [0.1, 0.15) is 5.82 Å². The largest absolute Gasteiger partial charge is 0.355 e. The van der Waals surface area contributed by atoms with Gasteiger partial charge in [-0.25, -0.2) is 4.98 Å². The van der Waals surface area contributed by atoms with Crippen molar-refractivity contribution in [3.05, 3.63) is 24.0 Å². The van der Waals surface area contributed by atoms with E-state index in [2.05, 4.69) is 53.9 Å². The van der Waals surface area contributed by atoms with Gasteiger partial charge in [-0.15, -0.1) is 0 Å². The lowest BCUT2D eigenvalue weighted by Gasteiger charge is -2.23. The molecule has 0 aliphatic carbocycles. The monoisotopic (exact) mass is 273 g/mol. The second-order valence-electron chi connectivity index (χ2n) is 6.15. The lowest BCUT2D eigenvalue weighted by Crippen LogP contribution is -2.32. The molecule has 0 bridgehead atoms. The highest BCUT2D eigenvalue weighted by molar-refractivity contribution is 5.52. The van der Waals surface area contributed by atoms with Gasteiger partial charge in [0.15, 0.2) is 5.65 Å². The molecule has 1 atom stereocenters. The van der Waals surface area contributed by atoms with Crippen LogP contribution in [-0.4, -0.2) is 52.7 Å². The van der Waals surface area contributed by atoms with Gasteiger partial charge in [-0.3, -0.25) is 0 Å². The minimum atomic E-state index is 0.431. The molecule has 1 aliphatic heterocycles. The number of aromatic nitrogens is 3. The zero-order chi connectivity index (χ0) is 14.3. The SMILES string of the molecule is CC(C)c1cc(N2CC[C@@H](N(C)C)C2)n2nccc2n1. The maximum absolute atomic E-state index is 4.68. The van der Waals surface area contributed by atoms with Crippen LogP contribution in [-0.2, 0) is 0 Å². The van der Waals surface area contributed by atoms with Crippen molar-refractivity contribution in [3.63, 3.8) is 0 Å². The van der Waals surface area contributed by atoms with E-state index in [0.717, 1.165) is 24.4 Å². The molecule has 2 aromatic rings. The topological polar surface area (TPSA) is 36.7 Å². The molecular weight excluding hydrogens is 250 g/mol. The van der Waals surface area contributed by atoms with Crippen LogP contribution in [0.1, 0.15) is 31.9 Å². The summed E-state index contributed by atoms with van der Waals surface area (Å²) < 4.78 is 1.96. The summed E-state index contributed by atoms with van der Waals surface area (Å²) in [4.78, 5) is 9.42. The number of hydrogen-bond donors (Lipinski definition) is 0. The molecule has 0 unspecified atom stereocenters. The first-order valence-electron chi connectivity index (χ1n) is 7.32. The van der Waals surface area contributed by atoms with Crippen molar-refractivity contribution >= 4 is 11.5 Å². The van der Waals surface area contributed by atoms with E-state index in [1.165, 1.54) is 12.2 Å². The van der Waals surface area contributed by atoms with Crippen molar-refractivity contribution in [2.24, 2.45) is 0 Å². The first-order valence-corrected chi connectivity index (χ1v) is 7.32. The first-order chi connectivity index (χ1) is 9.56. The molecule has 2 aromatic heterocycles. The van der Waals surface area contributed by atoms with Crippen molar-refractivity contribution in [1.82, 2.24) is 19.5 Å². The van der Waals surface area contributed by atoms with Crippen LogP contribution >= 0.6 is 0 Å². The molecule has 3 rings (SSSR count). The van der Waals surface area contributed by atoms with Crippen LogP contribution < -0.4 is 4.90 Å². The molecular formula is C15H23N5. The van der Waals surface area contributed by atoms with Crippen LogP contribution in [0.25, 0.3) is 5.65 Å². The Kier molecular flexibility index (Phi) is 3.38. The van der Waals surface area contributed by atoms with E-state index < -0.39 is 0 Å². The number of anilines is 1. The van der Waals surface area contributed by atoms with Crippen molar-refractivity contribution in [1.29, 1.82) is 0 Å². The fourth-order valence-electron chi connectivity index (χ4n) is 2.81. The van der Waals surface area contributed by atoms with Gasteiger partial charge in [0.05, 0.1) is 6.20 Å². The molecule has 0 amide bonds. The third-order valence-corrected chi connectivity index (χ3v) is 4.17. The fourth-order valence-corrected chi connectivity index (χ4v) is 2.81. The smallest absolute Gasteiger partial charge is 0.157 e. The Morgan fingerprint density at radius 1 is 1.35 bits per heavy atom. The standard InChI is InChI=1S/C15H23N5/c1-11(2)13-9-15(20-14(17-13)5-7-16-20)19-8-6-12(10-19)18(3)4/h5,7,9,11-12H,6,8,10H2,1-4H3/t12-/m1/s1. The van der Waals surface area contributed by atoms with Gasteiger partial charge in [-0.2, -0.15) is 9.61 Å². The van der Waals surface area contributed by atoms with Crippen molar-refractivity contribution in [3.8, 4) is 0 Å². The Morgan fingerprint density at radius 3 is 2.80 bits per heavy atom. The van der Waals surface area contributed by atoms with E-state index >= 15 is 0 Å². The molecule has 0 radical (unpaired) electrons. The number of rotatable bonds is 3. The molecule has 0 saturated carbocycles. The van der Waals surface area contributed by atoms with Crippen LogP contribution in [0.3, 0.4) is 0 Å². The van der Waals surface area contributed by atoms with Crippen molar-refractivity contribution in [2.45, 2.75) is 32.2 Å². The highest BCUT2D eigenvalue weighted by atomic mass is 15.4. The van der Waals surface area contributed by atoms with Gasteiger partial charge in [-0.05, 0) is 26.4 Å². The molecule has 0 N–H and O–H groups in total. The van der Waals surface area contributed by atoms with E-state index in [0.29, 0.717) is 12.0 Å². The summed E-state index contributed by atoms with van der Waals surface area (Å²) in [5.41, 5.74) is 2.08. The van der Waals surface area contributed by atoms with Gasteiger partial charge in [-0.1, -0.05) is 13.8 Å². The van der Waals surface area contributed by atoms with E-state index in [4.69, 9.17) is 0 Å². The van der Waals surface area contributed by atoms with Crippen LogP contribution in [0.15, 0.2) is 18.3 Å². The van der Waals surface area contributed by atoms with Crippen LogP contribution in [0.2, 0.25) is 0 Å². The van der Waals surface area contributed by atoms with E-state index in [-0.39, 0.29) is 0 Å². The summed E-state index contributed by atoms with van der Waals surface area (Å²) in [6.45, 7) is 6.51. The summed E-state index contributed by atoms with van der Waals surface area (Å²) >= 11 is 0. The minimum Gasteiger partial charge on any atom is -0.355 e. The molecule has 108 valence electrons. The van der Waals surface area contributed by atoms with Crippen LogP contribution in [0.5, 0.6) is 0 Å². The van der Waals surface area contributed by atoms with E-state index in [1.54, 1.807) is 0 Å². The predicted octanol–water partition coefficient (Wildman–Crippen LogP) is 1.99. The highest BCUT2D eigenvalue weighted by Gasteiger charge is 2.26. The van der Waals surface area contributed by atoms with E-state index in [9.17, 15) is 0 Å². The Labute approximate surface area is 120 Å². The maximum Gasteiger partial charge on any atom is 0.157 e. The van der Waals surface area contributed by atoms with E-state index in [1.807, 2.05) is 16.8 Å². The van der Waals surface area contributed by atoms with Gasteiger partial charge < -0.3 is 9.80 Å². The fraction of sp³-hybridized carbons (Fsp3) is 0.600. The molecule has 0 aromatic carbocycles. The quantitative estimate of drug-likeness (QED) is 0.857. The second-order valence-corrected chi connectivity index (χ2v) is 6.15. The molecule has 1 saturated heterocycles. The molecule has 5 heteroatoms. The van der Waals surface area contributed by atoms with Gasteiger partial charge >= 0.3 is 0 Å². The highest BCUT2D eigenvalue weighted by Crippen LogP contribution is 2.25. The molecule has 1 fully saturated rings. The maximum atomic E-state index is 4.68. The number of hydrogen-bond acceptors (Lipinski definition) is 4. The Morgan fingerprint density at radius 2 is 2.15 bits per heavy atom. The predicted molar refractivity (Wildman–Crippen MR) is 81.4 cm³/mol. The Bertz CT molecular complexity index is 601. The van der Waals surface area contributed by atoms with Crippen LogP contribution in [0.4, 0.5) is 5.82 Å². The Balaban J connectivity index is 2.00. The summed E-state index contributed by atoms with van der Waals surface area (Å²) in [5.74, 6) is 1.61. The number of likely N-dealkylation sites (N-methyl/N-ethyl adjacent to an activating group) is 1. The zero-order valence-electron chi connectivity index (χ0n) is 12.7. The minimum absolute atomic E-state index is 0.431. The molecule has 5 nitrogen and oxygen atoms in total. The average molecular weight is 273 g/mol. The van der Waals surface area contributed by atoms with Crippen molar-refractivity contribution in [2.75, 3.05) is 32.1 Å². The van der Waals surface area contributed by atoms with Gasteiger partial charge in [0.25, 0.3) is 0 Å². The van der Waals surface area contributed by atoms with Crippen molar-refractivity contribution < 1.29 is 0 Å². The molecule has 0 spiro atoms. The third-order valence-electron chi connectivity index (χ3n) is 4.17. The first kappa shape index (κ1) is 13.4. The van der Waals surface area contributed by atoms with Crippen LogP contribution in [0, 0.1) is 0 Å². The third kappa shape index (κ3) is 2.26. The summed E-state index contributed by atoms with van der Waals surface area (Å²) in [6.07, 6.45) is 3.03. The normalized spacial score (nSPS) is 19.7. The molecule has 20 heavy (non-hydrogen) atoms. The summed E-state index contributed by atoms with van der Waals surface area (Å²) in [7, 11) is 4.31. The summed E-state index contributed by atoms with van der Waals surface area (Å²) in [5, 5.41) is 4.43. The van der Waals surface area contributed by atoms with Gasteiger partial charge in [0, 0.05) is 37.0 Å². The zero-order valence-corrected chi connectivity index (χ0v) is 12.7. The second kappa shape index (κ2) is 5.05. The molecule has 1 aliphatic rings. The van der Waals surface area contributed by atoms with Gasteiger partial charge in [0.2, 0.25) is 0 Å². The lowest BCUT2D eigenvalue weighted by molar-refractivity contribution is 0.315. The molecule has 3 heterocycles. The lowest BCUT2D eigenvalue weighted by atomic mass is 10.1. The average Bonchev–Trinajstić information content (AvgIpc) is 3.06. The summed E-state index contributed by atoms with van der Waals surface area (Å²) in [6, 6.07) is 4.80. The number of nitrogens with zero attached hydrogens (tertiary/aromatic N) is 5. The Hall–Kier alpha value is -1.62. The number of fused-ring (bicyclic) bond motifs is 1.